The number of hydrogen-bond donors (Lipinski definition) is 1. The van der Waals surface area contributed by atoms with Crippen LogP contribution in [0.3, 0.4) is 0 Å². The number of amides is 1. The van der Waals surface area contributed by atoms with Gasteiger partial charge in [-0.15, -0.1) is 0 Å². The lowest BCUT2D eigenvalue weighted by atomic mass is 10.0. The van der Waals surface area contributed by atoms with Crippen molar-refractivity contribution in [2.24, 2.45) is 0 Å². The second kappa shape index (κ2) is 9.32. The molecular formula is C24H26N4O. The fourth-order valence-corrected chi connectivity index (χ4v) is 3.83. The summed E-state index contributed by atoms with van der Waals surface area (Å²) in [6.45, 7) is 1.57. The molecule has 0 aliphatic carbocycles. The highest BCUT2D eigenvalue weighted by Gasteiger charge is 2.24. The summed E-state index contributed by atoms with van der Waals surface area (Å²) < 4.78 is 0. The van der Waals surface area contributed by atoms with E-state index >= 15 is 0 Å². The van der Waals surface area contributed by atoms with E-state index in [4.69, 9.17) is 4.98 Å². The minimum atomic E-state index is -0.0245. The number of carbonyl (C=O) groups excluding carboxylic acids is 1. The van der Waals surface area contributed by atoms with Gasteiger partial charge in [-0.1, -0.05) is 48.5 Å². The number of hydrogen-bond acceptors (Lipinski definition) is 4. The van der Waals surface area contributed by atoms with Crippen LogP contribution < -0.4 is 10.2 Å². The molecule has 0 radical (unpaired) electrons. The van der Waals surface area contributed by atoms with Crippen molar-refractivity contribution in [1.29, 1.82) is 0 Å². The number of nitrogens with zero attached hydrogens (tertiary/aromatic N) is 3. The van der Waals surface area contributed by atoms with E-state index in [2.05, 4.69) is 27.3 Å². The van der Waals surface area contributed by atoms with Gasteiger partial charge < -0.3 is 10.2 Å². The molecule has 1 fully saturated rings. The molecule has 29 heavy (non-hydrogen) atoms. The number of piperidine rings is 1. The standard InChI is InChI=1S/C24H26N4O/c29-24(20-11-5-2-6-12-20)26-18-21-13-7-8-16-28(21)23-14-15-25-22(27-23)17-19-9-3-1-4-10-19/h1-6,9-12,14-15,21H,7-8,13,16-18H2,(H,26,29). The van der Waals surface area contributed by atoms with E-state index in [1.54, 1.807) is 0 Å². The van der Waals surface area contributed by atoms with E-state index in [0.717, 1.165) is 37.4 Å². The smallest absolute Gasteiger partial charge is 0.251 e. The average molecular weight is 386 g/mol. The maximum absolute atomic E-state index is 12.4. The molecule has 1 atom stereocenters. The molecule has 0 bridgehead atoms. The van der Waals surface area contributed by atoms with E-state index in [1.807, 2.05) is 60.8 Å². The average Bonchev–Trinajstić information content (AvgIpc) is 2.79. The molecule has 1 saturated heterocycles. The Hall–Kier alpha value is -3.21. The van der Waals surface area contributed by atoms with Crippen molar-refractivity contribution in [2.75, 3.05) is 18.0 Å². The van der Waals surface area contributed by atoms with Crippen LogP contribution in [0.1, 0.15) is 41.0 Å². The van der Waals surface area contributed by atoms with Crippen LogP contribution in [0.5, 0.6) is 0 Å². The number of rotatable bonds is 6. The topological polar surface area (TPSA) is 58.1 Å². The van der Waals surface area contributed by atoms with Crippen LogP contribution in [0.2, 0.25) is 0 Å². The number of nitrogens with one attached hydrogen (secondary N) is 1. The lowest BCUT2D eigenvalue weighted by Crippen LogP contribution is -2.47. The quantitative estimate of drug-likeness (QED) is 0.699. The van der Waals surface area contributed by atoms with E-state index in [0.29, 0.717) is 12.1 Å². The first-order valence-corrected chi connectivity index (χ1v) is 10.3. The molecule has 1 aliphatic heterocycles. The molecule has 0 saturated carbocycles. The zero-order valence-corrected chi connectivity index (χ0v) is 16.5. The van der Waals surface area contributed by atoms with Crippen molar-refractivity contribution in [1.82, 2.24) is 15.3 Å². The Morgan fingerprint density at radius 1 is 1.00 bits per heavy atom. The Labute approximate surface area is 171 Å². The first-order chi connectivity index (χ1) is 14.3. The molecule has 5 nitrogen and oxygen atoms in total. The second-order valence-corrected chi connectivity index (χ2v) is 7.41. The van der Waals surface area contributed by atoms with Gasteiger partial charge in [0.1, 0.15) is 11.6 Å². The molecule has 1 aliphatic rings. The van der Waals surface area contributed by atoms with Crippen LogP contribution in [0.25, 0.3) is 0 Å². The van der Waals surface area contributed by atoms with E-state index in [1.165, 1.54) is 12.0 Å². The van der Waals surface area contributed by atoms with Gasteiger partial charge in [-0.3, -0.25) is 4.79 Å². The molecule has 0 spiro atoms. The third-order valence-corrected chi connectivity index (χ3v) is 5.35. The van der Waals surface area contributed by atoms with Crippen molar-refractivity contribution in [2.45, 2.75) is 31.7 Å². The van der Waals surface area contributed by atoms with Gasteiger partial charge in [-0.05, 0) is 43.0 Å². The highest BCUT2D eigenvalue weighted by molar-refractivity contribution is 5.94. The molecule has 1 unspecified atom stereocenters. The zero-order chi connectivity index (χ0) is 19.9. The van der Waals surface area contributed by atoms with Crippen molar-refractivity contribution >= 4 is 11.7 Å². The second-order valence-electron chi connectivity index (χ2n) is 7.41. The predicted molar refractivity (Wildman–Crippen MR) is 115 cm³/mol. The lowest BCUT2D eigenvalue weighted by Gasteiger charge is -2.36. The van der Waals surface area contributed by atoms with Crippen LogP contribution in [0.15, 0.2) is 72.9 Å². The third-order valence-electron chi connectivity index (χ3n) is 5.35. The van der Waals surface area contributed by atoms with Gasteiger partial charge in [0.15, 0.2) is 0 Å². The van der Waals surface area contributed by atoms with Crippen LogP contribution >= 0.6 is 0 Å². The third kappa shape index (κ3) is 4.99. The Bertz CT molecular complexity index is 930. The predicted octanol–water partition coefficient (Wildman–Crippen LogP) is 3.86. The van der Waals surface area contributed by atoms with Crippen molar-refractivity contribution in [3.63, 3.8) is 0 Å². The van der Waals surface area contributed by atoms with E-state index in [-0.39, 0.29) is 11.9 Å². The summed E-state index contributed by atoms with van der Waals surface area (Å²) in [5, 5.41) is 3.10. The van der Waals surface area contributed by atoms with Gasteiger partial charge in [0.05, 0.1) is 0 Å². The van der Waals surface area contributed by atoms with Crippen molar-refractivity contribution in [3.05, 3.63) is 89.9 Å². The summed E-state index contributed by atoms with van der Waals surface area (Å²) in [7, 11) is 0. The molecular weight excluding hydrogens is 360 g/mol. The van der Waals surface area contributed by atoms with E-state index < -0.39 is 0 Å². The minimum absolute atomic E-state index is 0.0245. The Morgan fingerprint density at radius 2 is 1.76 bits per heavy atom. The Morgan fingerprint density at radius 3 is 2.55 bits per heavy atom. The number of anilines is 1. The number of carbonyl (C=O) groups is 1. The van der Waals surface area contributed by atoms with Gasteiger partial charge in [0, 0.05) is 37.3 Å². The summed E-state index contributed by atoms with van der Waals surface area (Å²) in [5.41, 5.74) is 1.90. The summed E-state index contributed by atoms with van der Waals surface area (Å²) in [4.78, 5) is 24.0. The SMILES string of the molecule is O=C(NCC1CCCCN1c1ccnc(Cc2ccccc2)n1)c1ccccc1. The van der Waals surface area contributed by atoms with Crippen molar-refractivity contribution in [3.8, 4) is 0 Å². The molecule has 1 aromatic heterocycles. The molecule has 5 heteroatoms. The zero-order valence-electron chi connectivity index (χ0n) is 16.5. The fraction of sp³-hybridized carbons (Fsp3) is 0.292. The van der Waals surface area contributed by atoms with Crippen LogP contribution in [-0.4, -0.2) is 35.0 Å². The summed E-state index contributed by atoms with van der Waals surface area (Å²) in [6.07, 6.45) is 5.92. The number of benzene rings is 2. The largest absolute Gasteiger partial charge is 0.352 e. The molecule has 2 aromatic carbocycles. The number of aromatic nitrogens is 2. The maximum Gasteiger partial charge on any atom is 0.251 e. The highest BCUT2D eigenvalue weighted by atomic mass is 16.1. The molecule has 4 rings (SSSR count). The van der Waals surface area contributed by atoms with Crippen molar-refractivity contribution < 1.29 is 4.79 Å². The first kappa shape index (κ1) is 19.1. The highest BCUT2D eigenvalue weighted by Crippen LogP contribution is 2.23. The molecule has 3 aromatic rings. The Kier molecular flexibility index (Phi) is 6.15. The van der Waals surface area contributed by atoms with Crippen LogP contribution in [0, 0.1) is 0 Å². The van der Waals surface area contributed by atoms with Crippen LogP contribution in [0.4, 0.5) is 5.82 Å². The lowest BCUT2D eigenvalue weighted by molar-refractivity contribution is 0.0949. The molecule has 1 amide bonds. The molecule has 1 N–H and O–H groups in total. The monoisotopic (exact) mass is 386 g/mol. The summed E-state index contributed by atoms with van der Waals surface area (Å²) >= 11 is 0. The van der Waals surface area contributed by atoms with Gasteiger partial charge in [-0.2, -0.15) is 0 Å². The summed E-state index contributed by atoms with van der Waals surface area (Å²) in [6, 6.07) is 21.9. The van der Waals surface area contributed by atoms with Gasteiger partial charge in [0.25, 0.3) is 5.91 Å². The van der Waals surface area contributed by atoms with Crippen LogP contribution in [-0.2, 0) is 6.42 Å². The van der Waals surface area contributed by atoms with Gasteiger partial charge in [-0.25, -0.2) is 9.97 Å². The van der Waals surface area contributed by atoms with Gasteiger partial charge >= 0.3 is 0 Å². The minimum Gasteiger partial charge on any atom is -0.352 e. The molecule has 148 valence electrons. The molecule has 2 heterocycles. The fourth-order valence-electron chi connectivity index (χ4n) is 3.83. The van der Waals surface area contributed by atoms with E-state index in [9.17, 15) is 4.79 Å². The summed E-state index contributed by atoms with van der Waals surface area (Å²) in [5.74, 6) is 1.75. The normalized spacial score (nSPS) is 16.4. The van der Waals surface area contributed by atoms with Gasteiger partial charge in [0.2, 0.25) is 0 Å². The maximum atomic E-state index is 12.4. The first-order valence-electron chi connectivity index (χ1n) is 10.3. The Balaban J connectivity index is 1.44.